The highest BCUT2D eigenvalue weighted by Gasteiger charge is 2.08. The van der Waals surface area contributed by atoms with Gasteiger partial charge in [-0.3, -0.25) is 4.99 Å². The van der Waals surface area contributed by atoms with Crippen LogP contribution < -0.4 is 4.90 Å². The van der Waals surface area contributed by atoms with Gasteiger partial charge in [-0.15, -0.1) is 0 Å². The molecule has 88 valence electrons. The zero-order chi connectivity index (χ0) is 12.1. The summed E-state index contributed by atoms with van der Waals surface area (Å²) in [5.41, 5.74) is 2.21. The maximum absolute atomic E-state index is 6.13. The second-order valence-corrected chi connectivity index (χ2v) is 4.11. The number of hydrogen-bond donors (Lipinski definition) is 0. The molecule has 0 N–H and O–H groups in total. The van der Waals surface area contributed by atoms with Gasteiger partial charge in [0.1, 0.15) is 5.84 Å². The van der Waals surface area contributed by atoms with Crippen molar-refractivity contribution in [2.45, 2.75) is 27.7 Å². The molecular weight excluding hydrogens is 220 g/mol. The minimum Gasteiger partial charge on any atom is -0.331 e. The zero-order valence-corrected chi connectivity index (χ0v) is 11.2. The Morgan fingerprint density at radius 1 is 1.38 bits per heavy atom. The van der Waals surface area contributed by atoms with E-state index in [0.717, 1.165) is 35.2 Å². The number of halogens is 1. The molecule has 16 heavy (non-hydrogen) atoms. The zero-order valence-electron chi connectivity index (χ0n) is 10.4. The van der Waals surface area contributed by atoms with E-state index in [2.05, 4.69) is 22.9 Å². The van der Waals surface area contributed by atoms with Crippen LogP contribution >= 0.6 is 11.6 Å². The van der Waals surface area contributed by atoms with E-state index >= 15 is 0 Å². The summed E-state index contributed by atoms with van der Waals surface area (Å²) in [4.78, 5) is 6.59. The first kappa shape index (κ1) is 13.0. The number of rotatable bonds is 3. The lowest BCUT2D eigenvalue weighted by Gasteiger charge is -2.23. The predicted octanol–water partition coefficient (Wildman–Crippen LogP) is 3.91. The van der Waals surface area contributed by atoms with Crippen molar-refractivity contribution in [3.05, 3.63) is 28.8 Å². The van der Waals surface area contributed by atoms with Crippen LogP contribution in [-0.2, 0) is 0 Å². The van der Waals surface area contributed by atoms with Gasteiger partial charge in [0, 0.05) is 23.8 Å². The normalized spacial score (nSPS) is 11.7. The largest absolute Gasteiger partial charge is 0.331 e. The first-order valence-corrected chi connectivity index (χ1v) is 6.02. The van der Waals surface area contributed by atoms with Gasteiger partial charge >= 0.3 is 0 Å². The van der Waals surface area contributed by atoms with Crippen molar-refractivity contribution in [3.63, 3.8) is 0 Å². The van der Waals surface area contributed by atoms with Gasteiger partial charge in [0.25, 0.3) is 0 Å². The smallest absolute Gasteiger partial charge is 0.100 e. The molecule has 0 saturated carbocycles. The molecular formula is C13H19ClN2. The summed E-state index contributed by atoms with van der Waals surface area (Å²) in [6, 6.07) is 6.12. The van der Waals surface area contributed by atoms with Crippen LogP contribution in [0, 0.1) is 6.92 Å². The van der Waals surface area contributed by atoms with Crippen LogP contribution in [0.25, 0.3) is 0 Å². The maximum Gasteiger partial charge on any atom is 0.100 e. The van der Waals surface area contributed by atoms with Crippen molar-refractivity contribution in [2.24, 2.45) is 4.99 Å². The first-order chi connectivity index (χ1) is 7.60. The van der Waals surface area contributed by atoms with Crippen LogP contribution in [0.4, 0.5) is 5.69 Å². The lowest BCUT2D eigenvalue weighted by molar-refractivity contribution is 1.02. The molecule has 0 fully saturated rings. The van der Waals surface area contributed by atoms with E-state index in [1.165, 1.54) is 0 Å². The van der Waals surface area contributed by atoms with Crippen molar-refractivity contribution in [1.82, 2.24) is 0 Å². The number of anilines is 1. The lowest BCUT2D eigenvalue weighted by atomic mass is 10.2. The highest BCUT2D eigenvalue weighted by molar-refractivity contribution is 6.31. The van der Waals surface area contributed by atoms with Gasteiger partial charge in [-0.2, -0.15) is 0 Å². The third kappa shape index (κ3) is 2.99. The molecule has 3 heteroatoms. The molecule has 0 aromatic heterocycles. The molecule has 0 radical (unpaired) electrons. The molecule has 1 aromatic rings. The van der Waals surface area contributed by atoms with Crippen molar-refractivity contribution in [1.29, 1.82) is 0 Å². The van der Waals surface area contributed by atoms with Gasteiger partial charge in [0.05, 0.1) is 0 Å². The molecule has 0 saturated heterocycles. The molecule has 0 spiro atoms. The molecule has 0 heterocycles. The van der Waals surface area contributed by atoms with E-state index < -0.39 is 0 Å². The van der Waals surface area contributed by atoms with Crippen LogP contribution in [0.5, 0.6) is 0 Å². The quantitative estimate of drug-likeness (QED) is 0.576. The van der Waals surface area contributed by atoms with E-state index in [9.17, 15) is 0 Å². The van der Waals surface area contributed by atoms with Gasteiger partial charge in [-0.25, -0.2) is 0 Å². The Morgan fingerprint density at radius 3 is 2.56 bits per heavy atom. The molecule has 1 rings (SSSR count). The Hall–Kier alpha value is -1.02. The number of amidine groups is 1. The van der Waals surface area contributed by atoms with Crippen molar-refractivity contribution in [3.8, 4) is 0 Å². The molecule has 0 aliphatic carbocycles. The third-order valence-electron chi connectivity index (χ3n) is 2.56. The Labute approximate surface area is 103 Å². The average Bonchev–Trinajstić information content (AvgIpc) is 2.25. The second-order valence-electron chi connectivity index (χ2n) is 3.70. The Bertz CT molecular complexity index is 386. The van der Waals surface area contributed by atoms with Gasteiger partial charge in [-0.1, -0.05) is 17.7 Å². The fourth-order valence-electron chi connectivity index (χ4n) is 1.66. The molecule has 1 aromatic carbocycles. The van der Waals surface area contributed by atoms with E-state index in [1.807, 2.05) is 32.9 Å². The van der Waals surface area contributed by atoms with Gasteiger partial charge in [0.15, 0.2) is 0 Å². The average molecular weight is 239 g/mol. The van der Waals surface area contributed by atoms with Gasteiger partial charge < -0.3 is 4.90 Å². The van der Waals surface area contributed by atoms with Crippen molar-refractivity contribution >= 4 is 23.1 Å². The van der Waals surface area contributed by atoms with Crippen molar-refractivity contribution < 1.29 is 0 Å². The summed E-state index contributed by atoms with van der Waals surface area (Å²) in [6.07, 6.45) is 0. The Balaban J connectivity index is 3.04. The number of aryl methyl sites for hydroxylation is 1. The lowest BCUT2D eigenvalue weighted by Crippen LogP contribution is -2.28. The number of nitrogens with zero attached hydrogens (tertiary/aromatic N) is 2. The molecule has 0 unspecified atom stereocenters. The standard InChI is InChI=1S/C13H19ClN2/c1-5-15-11(4)16(6-2)12-8-7-10(3)13(14)9-12/h7-9H,5-6H2,1-4H3. The van der Waals surface area contributed by atoms with Crippen LogP contribution in [0.3, 0.4) is 0 Å². The molecule has 0 atom stereocenters. The highest BCUT2D eigenvalue weighted by atomic mass is 35.5. The first-order valence-electron chi connectivity index (χ1n) is 5.64. The highest BCUT2D eigenvalue weighted by Crippen LogP contribution is 2.23. The van der Waals surface area contributed by atoms with E-state index in [1.54, 1.807) is 0 Å². The molecule has 0 bridgehead atoms. The van der Waals surface area contributed by atoms with Crippen molar-refractivity contribution in [2.75, 3.05) is 18.0 Å². The molecule has 0 aliphatic rings. The molecule has 0 amide bonds. The van der Waals surface area contributed by atoms with Crippen LogP contribution in [0.15, 0.2) is 23.2 Å². The topological polar surface area (TPSA) is 15.6 Å². The van der Waals surface area contributed by atoms with E-state index in [-0.39, 0.29) is 0 Å². The minimum absolute atomic E-state index is 0.806. The summed E-state index contributed by atoms with van der Waals surface area (Å²) in [5, 5.41) is 0.806. The van der Waals surface area contributed by atoms with Crippen LogP contribution in [-0.4, -0.2) is 18.9 Å². The van der Waals surface area contributed by atoms with E-state index in [4.69, 9.17) is 11.6 Å². The summed E-state index contributed by atoms with van der Waals surface area (Å²) in [5.74, 6) is 1.03. The van der Waals surface area contributed by atoms with Gasteiger partial charge in [0.2, 0.25) is 0 Å². The maximum atomic E-state index is 6.13. The van der Waals surface area contributed by atoms with Crippen LogP contribution in [0.2, 0.25) is 5.02 Å². The fraction of sp³-hybridized carbons (Fsp3) is 0.462. The Kier molecular flexibility index (Phi) is 4.81. The van der Waals surface area contributed by atoms with Gasteiger partial charge in [-0.05, 0) is 45.4 Å². The van der Waals surface area contributed by atoms with Crippen LogP contribution in [0.1, 0.15) is 26.3 Å². The number of hydrogen-bond acceptors (Lipinski definition) is 1. The summed E-state index contributed by atoms with van der Waals surface area (Å²) in [7, 11) is 0. The molecule has 0 aliphatic heterocycles. The summed E-state index contributed by atoms with van der Waals surface area (Å²) < 4.78 is 0. The predicted molar refractivity (Wildman–Crippen MR) is 72.9 cm³/mol. The third-order valence-corrected chi connectivity index (χ3v) is 2.97. The summed E-state index contributed by atoms with van der Waals surface area (Å²) >= 11 is 6.13. The fourth-order valence-corrected chi connectivity index (χ4v) is 1.84. The minimum atomic E-state index is 0.806. The monoisotopic (exact) mass is 238 g/mol. The number of benzene rings is 1. The SMILES string of the molecule is CCN=C(C)N(CC)c1ccc(C)c(Cl)c1. The number of aliphatic imine (C=N–C) groups is 1. The Morgan fingerprint density at radius 2 is 2.06 bits per heavy atom. The molecule has 2 nitrogen and oxygen atoms in total. The summed E-state index contributed by atoms with van der Waals surface area (Å²) in [6.45, 7) is 9.90. The van der Waals surface area contributed by atoms with E-state index in [0.29, 0.717) is 0 Å². The second kappa shape index (κ2) is 5.90.